The van der Waals surface area contributed by atoms with Crippen LogP contribution in [0.2, 0.25) is 0 Å². The van der Waals surface area contributed by atoms with Crippen molar-refractivity contribution in [2.45, 2.75) is 11.1 Å². The van der Waals surface area contributed by atoms with E-state index >= 15 is 0 Å². The summed E-state index contributed by atoms with van der Waals surface area (Å²) in [6.45, 7) is 2.88. The van der Waals surface area contributed by atoms with Crippen LogP contribution in [0.5, 0.6) is 0 Å². The minimum Gasteiger partial charge on any atom is -0.351 e. The summed E-state index contributed by atoms with van der Waals surface area (Å²) in [4.78, 5) is 9.94. The highest BCUT2D eigenvalue weighted by Gasteiger charge is 2.35. The van der Waals surface area contributed by atoms with E-state index in [2.05, 4.69) is 20.0 Å². The Labute approximate surface area is 145 Å². The molecular formula is C15H16F3N5OS. The Balaban J connectivity index is 1.88. The Hall–Kier alpha value is -2.20. The normalized spacial score (nSPS) is 16.5. The summed E-state index contributed by atoms with van der Waals surface area (Å²) >= 11 is 0. The van der Waals surface area contributed by atoms with Gasteiger partial charge in [0.25, 0.3) is 0 Å². The molecule has 1 aliphatic heterocycles. The first-order valence-corrected chi connectivity index (χ1v) is 8.73. The molecule has 2 N–H and O–H groups in total. The first-order chi connectivity index (χ1) is 12.0. The summed E-state index contributed by atoms with van der Waals surface area (Å²) in [5.41, 5.74) is -0.937. The number of rotatable bonds is 4. The molecule has 25 heavy (non-hydrogen) atoms. The average Bonchev–Trinajstić information content (AvgIpc) is 2.62. The van der Waals surface area contributed by atoms with Gasteiger partial charge in [-0.25, -0.2) is 14.2 Å². The van der Waals surface area contributed by atoms with Gasteiger partial charge in [-0.15, -0.1) is 0 Å². The van der Waals surface area contributed by atoms with Gasteiger partial charge in [0, 0.05) is 38.6 Å². The Morgan fingerprint density at radius 1 is 1.12 bits per heavy atom. The largest absolute Gasteiger partial charge is 0.417 e. The first-order valence-electron chi connectivity index (χ1n) is 7.58. The lowest BCUT2D eigenvalue weighted by molar-refractivity contribution is -0.139. The van der Waals surface area contributed by atoms with Gasteiger partial charge in [0.1, 0.15) is 0 Å². The Morgan fingerprint density at radius 3 is 2.52 bits per heavy atom. The molecule has 1 aromatic carbocycles. The summed E-state index contributed by atoms with van der Waals surface area (Å²) in [5, 5.41) is 3.20. The molecule has 0 radical (unpaired) electrons. The summed E-state index contributed by atoms with van der Waals surface area (Å²) in [6, 6.07) is 4.77. The SMILES string of the molecule is O=S(Nc1nccnc1N1CCNCC1)c1ccccc1C(F)(F)F. The van der Waals surface area contributed by atoms with E-state index in [1.54, 1.807) is 0 Å². The van der Waals surface area contributed by atoms with Gasteiger partial charge in [0.15, 0.2) is 22.6 Å². The molecule has 2 heterocycles. The molecule has 0 aliphatic carbocycles. The maximum absolute atomic E-state index is 13.1. The molecular weight excluding hydrogens is 355 g/mol. The van der Waals surface area contributed by atoms with E-state index < -0.39 is 22.7 Å². The monoisotopic (exact) mass is 371 g/mol. The van der Waals surface area contributed by atoms with E-state index in [9.17, 15) is 17.4 Å². The van der Waals surface area contributed by atoms with E-state index in [0.717, 1.165) is 19.2 Å². The lowest BCUT2D eigenvalue weighted by atomic mass is 10.2. The van der Waals surface area contributed by atoms with Gasteiger partial charge in [-0.1, -0.05) is 12.1 Å². The zero-order valence-electron chi connectivity index (χ0n) is 13.1. The van der Waals surface area contributed by atoms with Gasteiger partial charge >= 0.3 is 6.18 Å². The van der Waals surface area contributed by atoms with Crippen LogP contribution in [-0.2, 0) is 17.2 Å². The van der Waals surface area contributed by atoms with Crippen molar-refractivity contribution in [1.82, 2.24) is 15.3 Å². The molecule has 2 aromatic rings. The fourth-order valence-corrected chi connectivity index (χ4v) is 3.53. The maximum atomic E-state index is 13.1. The number of nitrogens with one attached hydrogen (secondary N) is 2. The average molecular weight is 371 g/mol. The summed E-state index contributed by atoms with van der Waals surface area (Å²) < 4.78 is 54.4. The summed E-state index contributed by atoms with van der Waals surface area (Å²) in [5.74, 6) is 0.668. The van der Waals surface area contributed by atoms with E-state index in [-0.39, 0.29) is 10.7 Å². The number of piperazine rings is 1. The van der Waals surface area contributed by atoms with Gasteiger partial charge in [0.05, 0.1) is 10.5 Å². The molecule has 10 heteroatoms. The number of nitrogens with zero attached hydrogens (tertiary/aromatic N) is 3. The van der Waals surface area contributed by atoms with Crippen LogP contribution in [0.4, 0.5) is 24.8 Å². The summed E-state index contributed by atoms with van der Waals surface area (Å²) in [7, 11) is -2.12. The molecule has 6 nitrogen and oxygen atoms in total. The molecule has 1 unspecified atom stereocenters. The van der Waals surface area contributed by atoms with Crippen molar-refractivity contribution in [2.75, 3.05) is 35.8 Å². The second kappa shape index (κ2) is 7.36. The highest BCUT2D eigenvalue weighted by molar-refractivity contribution is 7.86. The Kier molecular flexibility index (Phi) is 5.19. The van der Waals surface area contributed by atoms with Crippen molar-refractivity contribution >= 4 is 22.6 Å². The number of hydrogen-bond acceptors (Lipinski definition) is 5. The number of benzene rings is 1. The molecule has 1 fully saturated rings. The first kappa shape index (κ1) is 17.6. The molecule has 0 amide bonds. The van der Waals surface area contributed by atoms with Crippen molar-refractivity contribution < 1.29 is 17.4 Å². The van der Waals surface area contributed by atoms with Gasteiger partial charge in [0.2, 0.25) is 0 Å². The lowest BCUT2D eigenvalue weighted by Crippen LogP contribution is -2.44. The van der Waals surface area contributed by atoms with Crippen molar-refractivity contribution in [3.8, 4) is 0 Å². The van der Waals surface area contributed by atoms with E-state index in [1.165, 1.54) is 30.6 Å². The van der Waals surface area contributed by atoms with Crippen LogP contribution in [0.1, 0.15) is 5.56 Å². The molecule has 1 aromatic heterocycles. The third-order valence-electron chi connectivity index (χ3n) is 3.68. The zero-order chi connectivity index (χ0) is 17.9. The van der Waals surface area contributed by atoms with E-state index in [1.807, 2.05) is 4.90 Å². The summed E-state index contributed by atoms with van der Waals surface area (Å²) in [6.07, 6.45) is -1.69. The minimum absolute atomic E-state index is 0.194. The second-order valence-corrected chi connectivity index (χ2v) is 6.51. The van der Waals surface area contributed by atoms with Crippen LogP contribution >= 0.6 is 0 Å². The van der Waals surface area contributed by atoms with Gasteiger partial charge < -0.3 is 10.2 Å². The number of anilines is 2. The third-order valence-corrected chi connectivity index (χ3v) is 4.81. The highest BCUT2D eigenvalue weighted by atomic mass is 32.2. The number of hydrogen-bond donors (Lipinski definition) is 2. The molecule has 1 atom stereocenters. The minimum atomic E-state index is -4.59. The number of aromatic nitrogens is 2. The van der Waals surface area contributed by atoms with Crippen molar-refractivity contribution in [3.05, 3.63) is 42.2 Å². The third kappa shape index (κ3) is 4.07. The van der Waals surface area contributed by atoms with Crippen LogP contribution in [-0.4, -0.2) is 40.4 Å². The van der Waals surface area contributed by atoms with E-state index in [4.69, 9.17) is 0 Å². The molecule has 1 saturated heterocycles. The quantitative estimate of drug-likeness (QED) is 0.861. The molecule has 3 rings (SSSR count). The smallest absolute Gasteiger partial charge is 0.351 e. The Bertz CT molecular complexity index is 765. The van der Waals surface area contributed by atoms with Crippen LogP contribution in [0.25, 0.3) is 0 Å². The maximum Gasteiger partial charge on any atom is 0.417 e. The van der Waals surface area contributed by atoms with Gasteiger partial charge in [-0.05, 0) is 12.1 Å². The number of alkyl halides is 3. The van der Waals surface area contributed by atoms with Crippen molar-refractivity contribution in [2.24, 2.45) is 0 Å². The van der Waals surface area contributed by atoms with Crippen LogP contribution in [0.3, 0.4) is 0 Å². The predicted octanol–water partition coefficient (Wildman–Crippen LogP) is 2.04. The molecule has 0 saturated carbocycles. The standard InChI is InChI=1S/C15H16F3N5OS/c16-15(17,18)11-3-1-2-4-12(11)25(24)22-13-14(21-6-5-20-13)23-9-7-19-8-10-23/h1-6,19H,7-10H2,(H,20,22). The van der Waals surface area contributed by atoms with Crippen LogP contribution in [0, 0.1) is 0 Å². The predicted molar refractivity (Wildman–Crippen MR) is 88.6 cm³/mol. The zero-order valence-corrected chi connectivity index (χ0v) is 13.9. The highest BCUT2D eigenvalue weighted by Crippen LogP contribution is 2.34. The second-order valence-electron chi connectivity index (χ2n) is 5.33. The number of halogens is 3. The lowest BCUT2D eigenvalue weighted by Gasteiger charge is -2.29. The van der Waals surface area contributed by atoms with Gasteiger partial charge in [-0.2, -0.15) is 13.2 Å². The Morgan fingerprint density at radius 2 is 1.80 bits per heavy atom. The molecule has 0 bridgehead atoms. The fourth-order valence-electron chi connectivity index (χ4n) is 2.52. The van der Waals surface area contributed by atoms with Crippen molar-refractivity contribution in [1.29, 1.82) is 0 Å². The topological polar surface area (TPSA) is 70.2 Å². The van der Waals surface area contributed by atoms with Crippen LogP contribution < -0.4 is 14.9 Å². The molecule has 0 spiro atoms. The molecule has 134 valence electrons. The molecule has 1 aliphatic rings. The fraction of sp³-hybridized carbons (Fsp3) is 0.333. The van der Waals surface area contributed by atoms with Gasteiger partial charge in [-0.3, -0.25) is 4.72 Å². The van der Waals surface area contributed by atoms with E-state index in [0.29, 0.717) is 18.9 Å². The van der Waals surface area contributed by atoms with Crippen LogP contribution in [0.15, 0.2) is 41.6 Å². The van der Waals surface area contributed by atoms with Crippen molar-refractivity contribution in [3.63, 3.8) is 0 Å².